The molecule has 0 aliphatic carbocycles. The Morgan fingerprint density at radius 3 is 2.55 bits per heavy atom. The van der Waals surface area contributed by atoms with Crippen LogP contribution < -0.4 is 15.0 Å². The topological polar surface area (TPSA) is 41.6 Å². The van der Waals surface area contributed by atoms with Gasteiger partial charge in [-0.3, -0.25) is 4.79 Å². The third-order valence-corrected chi connectivity index (χ3v) is 6.28. The molecule has 1 N–H and O–H groups in total. The zero-order chi connectivity index (χ0) is 24.6. The molecule has 0 radical (unpaired) electrons. The molecule has 0 saturated carbocycles. The molecule has 2 aromatic rings. The van der Waals surface area contributed by atoms with Crippen molar-refractivity contribution in [3.63, 3.8) is 0 Å². The highest BCUT2D eigenvalue weighted by molar-refractivity contribution is 7.98. The van der Waals surface area contributed by atoms with E-state index in [0.29, 0.717) is 5.69 Å². The SMILES string of the molecule is CSc1cccc(NC(=O)C2CC(C)(C(F)(F)F)CN2c2ccc(F)c(F)c2OC(C)C)c1. The van der Waals surface area contributed by atoms with Gasteiger partial charge in [0.1, 0.15) is 6.04 Å². The van der Waals surface area contributed by atoms with Crippen LogP contribution in [0.3, 0.4) is 0 Å². The fraction of sp³-hybridized carbons (Fsp3) is 0.435. The minimum Gasteiger partial charge on any atom is -0.486 e. The molecule has 0 bridgehead atoms. The van der Waals surface area contributed by atoms with E-state index in [1.807, 2.05) is 12.3 Å². The summed E-state index contributed by atoms with van der Waals surface area (Å²) in [6.45, 7) is 3.57. The van der Waals surface area contributed by atoms with Crippen molar-refractivity contribution in [2.24, 2.45) is 5.41 Å². The van der Waals surface area contributed by atoms with Gasteiger partial charge in [-0.2, -0.15) is 17.6 Å². The van der Waals surface area contributed by atoms with Crippen LogP contribution in [0.5, 0.6) is 5.75 Å². The average Bonchev–Trinajstić information content (AvgIpc) is 3.10. The number of thioether (sulfide) groups is 1. The highest BCUT2D eigenvalue weighted by atomic mass is 32.2. The Morgan fingerprint density at radius 1 is 1.24 bits per heavy atom. The Balaban J connectivity index is 2.04. The number of amides is 1. The van der Waals surface area contributed by atoms with Gasteiger partial charge in [0.05, 0.1) is 17.2 Å². The predicted molar refractivity (Wildman–Crippen MR) is 119 cm³/mol. The minimum atomic E-state index is -4.61. The first-order valence-corrected chi connectivity index (χ1v) is 11.5. The van der Waals surface area contributed by atoms with Gasteiger partial charge in [0, 0.05) is 17.1 Å². The number of benzene rings is 2. The number of anilines is 2. The zero-order valence-corrected chi connectivity index (χ0v) is 19.4. The summed E-state index contributed by atoms with van der Waals surface area (Å²) in [6.07, 6.45) is -3.88. The fourth-order valence-electron chi connectivity index (χ4n) is 3.80. The van der Waals surface area contributed by atoms with Gasteiger partial charge in [0.25, 0.3) is 0 Å². The molecule has 2 aromatic carbocycles. The number of alkyl halides is 3. The van der Waals surface area contributed by atoms with Gasteiger partial charge in [-0.1, -0.05) is 6.07 Å². The van der Waals surface area contributed by atoms with Gasteiger partial charge in [-0.25, -0.2) is 4.39 Å². The van der Waals surface area contributed by atoms with E-state index in [0.717, 1.165) is 28.9 Å². The lowest BCUT2D eigenvalue weighted by atomic mass is 9.87. The molecule has 33 heavy (non-hydrogen) atoms. The highest BCUT2D eigenvalue weighted by Gasteiger charge is 2.59. The largest absolute Gasteiger partial charge is 0.486 e. The smallest absolute Gasteiger partial charge is 0.396 e. The van der Waals surface area contributed by atoms with Crippen LogP contribution >= 0.6 is 11.8 Å². The lowest BCUT2D eigenvalue weighted by Gasteiger charge is -2.30. The lowest BCUT2D eigenvalue weighted by Crippen LogP contribution is -2.40. The molecule has 10 heteroatoms. The maximum atomic E-state index is 14.6. The van der Waals surface area contributed by atoms with Gasteiger partial charge in [-0.05, 0) is 63.8 Å². The second-order valence-corrected chi connectivity index (χ2v) is 9.38. The summed E-state index contributed by atoms with van der Waals surface area (Å²) < 4.78 is 75.7. The second kappa shape index (κ2) is 9.40. The van der Waals surface area contributed by atoms with E-state index in [1.54, 1.807) is 32.0 Å². The molecule has 0 spiro atoms. The van der Waals surface area contributed by atoms with E-state index < -0.39 is 60.0 Å². The Morgan fingerprint density at radius 2 is 1.94 bits per heavy atom. The molecule has 1 amide bonds. The Hall–Kier alpha value is -2.49. The summed E-state index contributed by atoms with van der Waals surface area (Å²) in [7, 11) is 0. The van der Waals surface area contributed by atoms with Crippen molar-refractivity contribution in [2.75, 3.05) is 23.0 Å². The van der Waals surface area contributed by atoms with Crippen LogP contribution in [0.1, 0.15) is 27.2 Å². The minimum absolute atomic E-state index is 0.103. The van der Waals surface area contributed by atoms with Crippen molar-refractivity contribution in [3.05, 3.63) is 48.0 Å². The number of carbonyl (C=O) groups excluding carboxylic acids is 1. The van der Waals surface area contributed by atoms with Crippen LogP contribution in [-0.2, 0) is 4.79 Å². The maximum Gasteiger partial charge on any atom is 0.396 e. The van der Waals surface area contributed by atoms with Crippen LogP contribution in [0.15, 0.2) is 41.3 Å². The van der Waals surface area contributed by atoms with Gasteiger partial charge in [0.15, 0.2) is 11.6 Å². The first kappa shape index (κ1) is 25.1. The van der Waals surface area contributed by atoms with Crippen molar-refractivity contribution < 1.29 is 31.5 Å². The van der Waals surface area contributed by atoms with Gasteiger partial charge < -0.3 is 15.0 Å². The molecule has 0 aromatic heterocycles. The molecule has 1 fully saturated rings. The average molecular weight is 489 g/mol. The van der Waals surface area contributed by atoms with Crippen LogP contribution in [0.4, 0.5) is 33.3 Å². The molecule has 4 nitrogen and oxygen atoms in total. The number of nitrogens with one attached hydrogen (secondary N) is 1. The number of ether oxygens (including phenoxy) is 1. The Bertz CT molecular complexity index is 1030. The maximum absolute atomic E-state index is 14.6. The van der Waals surface area contributed by atoms with Crippen LogP contribution in [0, 0.1) is 17.0 Å². The molecular formula is C23H25F5N2O2S. The van der Waals surface area contributed by atoms with Crippen molar-refractivity contribution >= 4 is 29.0 Å². The van der Waals surface area contributed by atoms with Crippen molar-refractivity contribution in [1.29, 1.82) is 0 Å². The first-order chi connectivity index (χ1) is 15.4. The van der Waals surface area contributed by atoms with Crippen LogP contribution in [-0.4, -0.2) is 37.0 Å². The van der Waals surface area contributed by atoms with E-state index in [2.05, 4.69) is 5.32 Å². The number of nitrogens with zero attached hydrogens (tertiary/aromatic N) is 1. The fourth-order valence-corrected chi connectivity index (χ4v) is 4.26. The molecule has 180 valence electrons. The van der Waals surface area contributed by atoms with E-state index in [4.69, 9.17) is 4.74 Å². The molecule has 2 atom stereocenters. The number of carbonyl (C=O) groups is 1. The summed E-state index contributed by atoms with van der Waals surface area (Å²) in [4.78, 5) is 15.2. The molecule has 2 unspecified atom stereocenters. The Kier molecular flexibility index (Phi) is 7.16. The number of hydrogen-bond donors (Lipinski definition) is 1. The summed E-state index contributed by atoms with van der Waals surface area (Å²) in [5, 5.41) is 2.66. The second-order valence-electron chi connectivity index (χ2n) is 8.50. The third kappa shape index (κ3) is 5.20. The van der Waals surface area contributed by atoms with Gasteiger partial charge in [0.2, 0.25) is 11.7 Å². The third-order valence-electron chi connectivity index (χ3n) is 5.56. The van der Waals surface area contributed by atoms with E-state index >= 15 is 0 Å². The van der Waals surface area contributed by atoms with E-state index in [-0.39, 0.29) is 5.69 Å². The summed E-state index contributed by atoms with van der Waals surface area (Å²) in [5.41, 5.74) is -1.92. The van der Waals surface area contributed by atoms with Gasteiger partial charge >= 0.3 is 6.18 Å². The molecule has 1 heterocycles. The standard InChI is InChI=1S/C23H25F5N2O2S/c1-13(2)32-20-17(9-8-16(24)19(20)25)30-12-22(3,23(26,27)28)11-18(30)21(31)29-14-6-5-7-15(10-14)33-4/h5-10,13,18H,11-12H2,1-4H3,(H,29,31). The van der Waals surface area contributed by atoms with Crippen LogP contribution in [0.25, 0.3) is 0 Å². The molecule has 3 rings (SSSR count). The van der Waals surface area contributed by atoms with Gasteiger partial charge in [-0.15, -0.1) is 11.8 Å². The highest BCUT2D eigenvalue weighted by Crippen LogP contribution is 2.50. The molecule has 1 aliphatic rings. The number of rotatable bonds is 6. The van der Waals surface area contributed by atoms with Crippen LogP contribution in [0.2, 0.25) is 0 Å². The summed E-state index contributed by atoms with van der Waals surface area (Å²) >= 11 is 1.45. The van der Waals surface area contributed by atoms with Crippen molar-refractivity contribution in [2.45, 2.75) is 50.4 Å². The van der Waals surface area contributed by atoms with Crippen molar-refractivity contribution in [1.82, 2.24) is 0 Å². The first-order valence-electron chi connectivity index (χ1n) is 10.3. The predicted octanol–water partition coefficient (Wildman–Crippen LogP) is 6.26. The summed E-state index contributed by atoms with van der Waals surface area (Å²) in [6, 6.07) is 7.57. The number of hydrogen-bond acceptors (Lipinski definition) is 4. The normalized spacial score (nSPS) is 20.9. The molecule has 1 saturated heterocycles. The van der Waals surface area contributed by atoms with E-state index in [9.17, 15) is 26.7 Å². The zero-order valence-electron chi connectivity index (χ0n) is 18.6. The lowest BCUT2D eigenvalue weighted by molar-refractivity contribution is -0.210. The molecular weight excluding hydrogens is 463 g/mol. The van der Waals surface area contributed by atoms with Crippen molar-refractivity contribution in [3.8, 4) is 5.75 Å². The number of halogens is 5. The quantitative estimate of drug-likeness (QED) is 0.385. The molecule has 1 aliphatic heterocycles. The Labute approximate surface area is 193 Å². The summed E-state index contributed by atoms with van der Waals surface area (Å²) in [5.74, 6) is -3.70. The van der Waals surface area contributed by atoms with E-state index in [1.165, 1.54) is 11.8 Å². The monoisotopic (exact) mass is 488 g/mol.